The normalized spacial score (nSPS) is 11.7. The molecule has 0 unspecified atom stereocenters. The predicted octanol–water partition coefficient (Wildman–Crippen LogP) is 5.68. The van der Waals surface area contributed by atoms with Crippen LogP contribution in [0.2, 0.25) is 0 Å². The second-order valence-corrected chi connectivity index (χ2v) is 5.42. The molecule has 0 aromatic heterocycles. The van der Waals surface area contributed by atoms with Crippen LogP contribution in [0.3, 0.4) is 0 Å². The topological polar surface area (TPSA) is 0 Å². The van der Waals surface area contributed by atoms with Gasteiger partial charge in [-0.3, -0.25) is 0 Å². The molecule has 0 aliphatic heterocycles. The Bertz CT molecular complexity index is 598. The summed E-state index contributed by atoms with van der Waals surface area (Å²) in [5.74, 6) is -3.73. The molecule has 2 aromatic carbocycles. The Kier molecular flexibility index (Phi) is 3.72. The molecule has 0 aliphatic rings. The van der Waals surface area contributed by atoms with Crippen molar-refractivity contribution >= 4 is 15.9 Å². The van der Waals surface area contributed by atoms with Crippen LogP contribution in [0.5, 0.6) is 0 Å². The van der Waals surface area contributed by atoms with Crippen molar-refractivity contribution in [1.29, 1.82) is 0 Å². The number of aryl methyl sites for hydroxylation is 1. The van der Waals surface area contributed by atoms with E-state index in [9.17, 15) is 13.2 Å². The molecule has 0 spiro atoms. The van der Waals surface area contributed by atoms with Crippen LogP contribution in [0.15, 0.2) is 40.9 Å². The number of benzene rings is 2. The lowest BCUT2D eigenvalue weighted by molar-refractivity contribution is 0.0164. The van der Waals surface area contributed by atoms with Gasteiger partial charge in [0.2, 0.25) is 0 Å². The van der Waals surface area contributed by atoms with Crippen LogP contribution < -0.4 is 0 Å². The largest absolute Gasteiger partial charge is 0.271 e. The molecular formula is C15H12BrF3. The molecule has 0 atom stereocenters. The van der Waals surface area contributed by atoms with Crippen LogP contribution in [0.1, 0.15) is 18.1 Å². The minimum atomic E-state index is -3.08. The van der Waals surface area contributed by atoms with Gasteiger partial charge in [0.05, 0.1) is 0 Å². The van der Waals surface area contributed by atoms with E-state index in [1.807, 2.05) is 19.1 Å². The van der Waals surface area contributed by atoms with Crippen molar-refractivity contribution in [1.82, 2.24) is 0 Å². The third kappa shape index (κ3) is 3.00. The summed E-state index contributed by atoms with van der Waals surface area (Å²) in [5, 5.41) is 0. The second-order valence-electron chi connectivity index (χ2n) is 4.57. The van der Waals surface area contributed by atoms with E-state index in [1.165, 1.54) is 6.07 Å². The fraction of sp³-hybridized carbons (Fsp3) is 0.200. The Morgan fingerprint density at radius 2 is 1.63 bits per heavy atom. The fourth-order valence-electron chi connectivity index (χ4n) is 1.84. The smallest absolute Gasteiger partial charge is 0.206 e. The van der Waals surface area contributed by atoms with Crippen molar-refractivity contribution in [3.05, 3.63) is 57.8 Å². The fourth-order valence-corrected chi connectivity index (χ4v) is 2.53. The third-order valence-electron chi connectivity index (χ3n) is 2.89. The Labute approximate surface area is 118 Å². The number of halogens is 4. The summed E-state index contributed by atoms with van der Waals surface area (Å²) in [4.78, 5) is 0. The van der Waals surface area contributed by atoms with Crippen molar-refractivity contribution < 1.29 is 13.2 Å². The van der Waals surface area contributed by atoms with Crippen LogP contribution in [0, 0.1) is 12.7 Å². The van der Waals surface area contributed by atoms with Gasteiger partial charge in [0.1, 0.15) is 5.82 Å². The SMILES string of the molecule is Cc1ccc(-c2cc(Br)c(C(C)(F)F)cc2F)cc1. The molecule has 0 fully saturated rings. The Hall–Kier alpha value is -1.29. The molecule has 100 valence electrons. The second kappa shape index (κ2) is 5.00. The summed E-state index contributed by atoms with van der Waals surface area (Å²) >= 11 is 3.08. The molecule has 0 radical (unpaired) electrons. The maximum Gasteiger partial charge on any atom is 0.271 e. The maximum absolute atomic E-state index is 14.0. The van der Waals surface area contributed by atoms with Crippen molar-refractivity contribution in [3.63, 3.8) is 0 Å². The highest BCUT2D eigenvalue weighted by Gasteiger charge is 2.28. The van der Waals surface area contributed by atoms with Gasteiger partial charge in [-0.25, -0.2) is 13.2 Å². The summed E-state index contributed by atoms with van der Waals surface area (Å²) in [7, 11) is 0. The van der Waals surface area contributed by atoms with Crippen LogP contribution in [0.25, 0.3) is 11.1 Å². The Morgan fingerprint density at radius 1 is 1.05 bits per heavy atom. The zero-order valence-corrected chi connectivity index (χ0v) is 12.1. The molecule has 0 nitrogen and oxygen atoms in total. The van der Waals surface area contributed by atoms with Gasteiger partial charge in [0, 0.05) is 22.5 Å². The molecular weight excluding hydrogens is 317 g/mol. The lowest BCUT2D eigenvalue weighted by Gasteiger charge is -2.15. The lowest BCUT2D eigenvalue weighted by Crippen LogP contribution is -2.09. The summed E-state index contributed by atoms with van der Waals surface area (Å²) < 4.78 is 40.8. The van der Waals surface area contributed by atoms with Crippen LogP contribution in [-0.2, 0) is 5.92 Å². The van der Waals surface area contributed by atoms with E-state index in [4.69, 9.17) is 0 Å². The van der Waals surface area contributed by atoms with Gasteiger partial charge >= 0.3 is 0 Å². The van der Waals surface area contributed by atoms with E-state index >= 15 is 0 Å². The van der Waals surface area contributed by atoms with Gasteiger partial charge in [-0.15, -0.1) is 0 Å². The van der Waals surface area contributed by atoms with Crippen LogP contribution in [0.4, 0.5) is 13.2 Å². The van der Waals surface area contributed by atoms with Crippen LogP contribution >= 0.6 is 15.9 Å². The maximum atomic E-state index is 14.0. The monoisotopic (exact) mass is 328 g/mol. The molecule has 0 saturated carbocycles. The van der Waals surface area contributed by atoms with E-state index in [1.54, 1.807) is 12.1 Å². The summed E-state index contributed by atoms with van der Waals surface area (Å²) in [6.45, 7) is 2.68. The minimum absolute atomic E-state index is 0.206. The predicted molar refractivity (Wildman–Crippen MR) is 73.8 cm³/mol. The van der Waals surface area contributed by atoms with Gasteiger partial charge in [0.15, 0.2) is 0 Å². The molecule has 19 heavy (non-hydrogen) atoms. The van der Waals surface area contributed by atoms with Gasteiger partial charge < -0.3 is 0 Å². The van der Waals surface area contributed by atoms with Crippen molar-refractivity contribution in [2.45, 2.75) is 19.8 Å². The van der Waals surface area contributed by atoms with E-state index in [-0.39, 0.29) is 10.0 Å². The molecule has 4 heteroatoms. The average Bonchev–Trinajstić information content (AvgIpc) is 2.31. The minimum Gasteiger partial charge on any atom is -0.206 e. The Balaban J connectivity index is 2.55. The van der Waals surface area contributed by atoms with Crippen molar-refractivity contribution in [3.8, 4) is 11.1 Å². The number of alkyl halides is 2. The molecule has 2 aromatic rings. The van der Waals surface area contributed by atoms with Crippen molar-refractivity contribution in [2.24, 2.45) is 0 Å². The van der Waals surface area contributed by atoms with Crippen molar-refractivity contribution in [2.75, 3.05) is 0 Å². The average molecular weight is 329 g/mol. The molecule has 0 bridgehead atoms. The van der Waals surface area contributed by atoms with E-state index in [0.29, 0.717) is 11.1 Å². The van der Waals surface area contributed by atoms with E-state index in [0.717, 1.165) is 18.6 Å². The first-order valence-electron chi connectivity index (χ1n) is 5.73. The Morgan fingerprint density at radius 3 is 2.16 bits per heavy atom. The zero-order valence-electron chi connectivity index (χ0n) is 10.5. The summed E-state index contributed by atoms with van der Waals surface area (Å²) in [6, 6.07) is 9.52. The quantitative estimate of drug-likeness (QED) is 0.665. The molecule has 0 heterocycles. The molecule has 0 amide bonds. The molecule has 0 N–H and O–H groups in total. The first kappa shape index (κ1) is 14.1. The summed E-state index contributed by atoms with van der Waals surface area (Å²) in [6.07, 6.45) is 0. The highest BCUT2D eigenvalue weighted by Crippen LogP contribution is 2.37. The molecule has 2 rings (SSSR count). The first-order chi connectivity index (χ1) is 8.79. The number of hydrogen-bond acceptors (Lipinski definition) is 0. The van der Waals surface area contributed by atoms with Gasteiger partial charge in [-0.1, -0.05) is 45.8 Å². The molecule has 0 aliphatic carbocycles. The van der Waals surface area contributed by atoms with E-state index < -0.39 is 11.7 Å². The third-order valence-corrected chi connectivity index (χ3v) is 3.55. The van der Waals surface area contributed by atoms with Crippen LogP contribution in [-0.4, -0.2) is 0 Å². The van der Waals surface area contributed by atoms with Gasteiger partial charge in [-0.05, 0) is 24.6 Å². The number of rotatable bonds is 2. The zero-order chi connectivity index (χ0) is 14.2. The lowest BCUT2D eigenvalue weighted by atomic mass is 10.0. The first-order valence-corrected chi connectivity index (χ1v) is 6.52. The highest BCUT2D eigenvalue weighted by molar-refractivity contribution is 9.10. The van der Waals surface area contributed by atoms with Gasteiger partial charge in [0.25, 0.3) is 5.92 Å². The van der Waals surface area contributed by atoms with E-state index in [2.05, 4.69) is 15.9 Å². The molecule has 0 saturated heterocycles. The highest BCUT2D eigenvalue weighted by atomic mass is 79.9. The number of hydrogen-bond donors (Lipinski definition) is 0. The standard InChI is InChI=1S/C15H12BrF3/c1-9-3-5-10(6-4-9)11-7-13(16)12(8-14(11)17)15(2,18)19/h3-8H,1-2H3. The summed E-state index contributed by atoms with van der Waals surface area (Å²) in [5.41, 5.74) is 1.68. The van der Waals surface area contributed by atoms with Gasteiger partial charge in [-0.2, -0.15) is 0 Å².